The summed E-state index contributed by atoms with van der Waals surface area (Å²) < 4.78 is 5.24. The average Bonchev–Trinajstić information content (AvgIpc) is 2.94. The molecule has 2 heterocycles. The van der Waals surface area contributed by atoms with Crippen molar-refractivity contribution in [1.29, 1.82) is 0 Å². The molecule has 2 N–H and O–H groups in total. The molecule has 1 atom stereocenters. The molecule has 0 fully saturated rings. The van der Waals surface area contributed by atoms with Gasteiger partial charge in [-0.25, -0.2) is 0 Å². The molecule has 0 aliphatic heterocycles. The quantitative estimate of drug-likeness (QED) is 0.874. The molecule has 2 aromatic heterocycles. The Bertz CT molecular complexity index is 529. The molecule has 0 bridgehead atoms. The molecule has 5 nitrogen and oxygen atoms in total. The summed E-state index contributed by atoms with van der Waals surface area (Å²) in [5.41, 5.74) is 7.89. The fraction of sp³-hybridized carbons (Fsp3) is 0.462. The maximum Gasteiger partial charge on any atom is 0.243 e. The lowest BCUT2D eigenvalue weighted by Crippen LogP contribution is -2.11. The fourth-order valence-corrected chi connectivity index (χ4v) is 2.27. The van der Waals surface area contributed by atoms with Gasteiger partial charge in [0.05, 0.1) is 6.04 Å². The van der Waals surface area contributed by atoms with Gasteiger partial charge in [0.2, 0.25) is 11.7 Å². The minimum absolute atomic E-state index is 0.206. The van der Waals surface area contributed by atoms with Crippen LogP contribution in [0.25, 0.3) is 11.5 Å². The number of aryl methyl sites for hydroxylation is 1. The van der Waals surface area contributed by atoms with E-state index in [1.54, 1.807) is 18.0 Å². The molecular weight excluding hydrogens is 260 g/mol. The van der Waals surface area contributed by atoms with E-state index in [-0.39, 0.29) is 6.04 Å². The first-order valence-electron chi connectivity index (χ1n) is 6.28. The first-order valence-corrected chi connectivity index (χ1v) is 7.68. The van der Waals surface area contributed by atoms with Crippen LogP contribution in [0.3, 0.4) is 0 Å². The van der Waals surface area contributed by atoms with Crippen molar-refractivity contribution >= 4 is 11.8 Å². The van der Waals surface area contributed by atoms with Crippen molar-refractivity contribution in [3.63, 3.8) is 0 Å². The largest absolute Gasteiger partial charge is 0.337 e. The predicted molar refractivity (Wildman–Crippen MR) is 76.8 cm³/mol. The number of nitrogens with two attached hydrogens (primary N) is 1. The molecule has 0 aromatic carbocycles. The average molecular weight is 278 g/mol. The lowest BCUT2D eigenvalue weighted by atomic mass is 10.1. The van der Waals surface area contributed by atoms with E-state index in [2.05, 4.69) is 22.0 Å². The van der Waals surface area contributed by atoms with Crippen LogP contribution in [-0.4, -0.2) is 27.1 Å². The van der Waals surface area contributed by atoms with Crippen LogP contribution in [-0.2, 0) is 6.42 Å². The molecule has 0 saturated carbocycles. The van der Waals surface area contributed by atoms with Gasteiger partial charge in [0.15, 0.2) is 0 Å². The van der Waals surface area contributed by atoms with Crippen molar-refractivity contribution in [1.82, 2.24) is 15.1 Å². The first-order chi connectivity index (χ1) is 9.26. The minimum Gasteiger partial charge on any atom is -0.337 e. The van der Waals surface area contributed by atoms with E-state index >= 15 is 0 Å². The Morgan fingerprint density at radius 3 is 3.05 bits per heavy atom. The van der Waals surface area contributed by atoms with Crippen LogP contribution in [0, 0.1) is 0 Å². The van der Waals surface area contributed by atoms with Gasteiger partial charge in [0, 0.05) is 6.20 Å². The van der Waals surface area contributed by atoms with Crippen molar-refractivity contribution in [2.45, 2.75) is 25.8 Å². The van der Waals surface area contributed by atoms with E-state index in [0.29, 0.717) is 11.7 Å². The van der Waals surface area contributed by atoms with Gasteiger partial charge in [0.1, 0.15) is 5.69 Å². The van der Waals surface area contributed by atoms with Gasteiger partial charge in [-0.2, -0.15) is 16.7 Å². The molecule has 0 saturated heterocycles. The van der Waals surface area contributed by atoms with Crippen molar-refractivity contribution in [3.8, 4) is 11.5 Å². The normalized spacial score (nSPS) is 12.6. The van der Waals surface area contributed by atoms with Crippen LogP contribution in [0.4, 0.5) is 0 Å². The number of hydrogen-bond acceptors (Lipinski definition) is 6. The molecular formula is C13H18N4OS. The van der Waals surface area contributed by atoms with Gasteiger partial charge < -0.3 is 10.3 Å². The molecule has 2 rings (SSSR count). The van der Waals surface area contributed by atoms with Crippen molar-refractivity contribution in [2.75, 3.05) is 12.0 Å². The second-order valence-electron chi connectivity index (χ2n) is 4.21. The number of thioether (sulfide) groups is 1. The van der Waals surface area contributed by atoms with Gasteiger partial charge in [-0.3, -0.25) is 4.98 Å². The monoisotopic (exact) mass is 278 g/mol. The van der Waals surface area contributed by atoms with Gasteiger partial charge in [-0.15, -0.1) is 0 Å². The van der Waals surface area contributed by atoms with Gasteiger partial charge >= 0.3 is 0 Å². The van der Waals surface area contributed by atoms with Crippen LogP contribution in [0.1, 0.15) is 30.8 Å². The molecule has 0 aliphatic carbocycles. The molecule has 6 heteroatoms. The van der Waals surface area contributed by atoms with E-state index in [4.69, 9.17) is 10.3 Å². The third-order valence-corrected chi connectivity index (χ3v) is 3.52. The van der Waals surface area contributed by atoms with Crippen LogP contribution in [0.2, 0.25) is 0 Å². The molecule has 2 aromatic rings. The number of aromatic nitrogens is 3. The SMILES string of the molecule is CCc1cccnc1-c1noc(C(N)CCSC)n1. The molecule has 0 radical (unpaired) electrons. The van der Waals surface area contributed by atoms with Gasteiger partial charge in [0.25, 0.3) is 0 Å². The van der Waals surface area contributed by atoms with E-state index in [1.807, 2.05) is 18.4 Å². The van der Waals surface area contributed by atoms with Crippen molar-refractivity contribution in [2.24, 2.45) is 5.73 Å². The fourth-order valence-electron chi connectivity index (χ4n) is 1.78. The Morgan fingerprint density at radius 2 is 2.32 bits per heavy atom. The molecule has 102 valence electrons. The Hall–Kier alpha value is -1.40. The molecule has 0 spiro atoms. The zero-order valence-electron chi connectivity index (χ0n) is 11.2. The minimum atomic E-state index is -0.206. The highest BCUT2D eigenvalue weighted by molar-refractivity contribution is 7.98. The Kier molecular flexibility index (Phi) is 4.93. The van der Waals surface area contributed by atoms with E-state index in [0.717, 1.165) is 29.9 Å². The van der Waals surface area contributed by atoms with E-state index in [1.165, 1.54) is 0 Å². The lowest BCUT2D eigenvalue weighted by Gasteiger charge is -2.04. The van der Waals surface area contributed by atoms with Crippen LogP contribution in [0.15, 0.2) is 22.9 Å². The number of hydrogen-bond donors (Lipinski definition) is 1. The van der Waals surface area contributed by atoms with E-state index in [9.17, 15) is 0 Å². The summed E-state index contributed by atoms with van der Waals surface area (Å²) in [6.07, 6.45) is 5.49. The summed E-state index contributed by atoms with van der Waals surface area (Å²) in [6, 6.07) is 3.72. The smallest absolute Gasteiger partial charge is 0.243 e. The Morgan fingerprint density at radius 1 is 1.47 bits per heavy atom. The summed E-state index contributed by atoms with van der Waals surface area (Å²) in [5.74, 6) is 1.98. The molecule has 1 unspecified atom stereocenters. The molecule has 19 heavy (non-hydrogen) atoms. The van der Waals surface area contributed by atoms with Crippen LogP contribution < -0.4 is 5.73 Å². The number of pyridine rings is 1. The summed E-state index contributed by atoms with van der Waals surface area (Å²) in [4.78, 5) is 8.69. The summed E-state index contributed by atoms with van der Waals surface area (Å²) >= 11 is 1.75. The standard InChI is InChI=1S/C13H18N4OS/c1-3-9-5-4-7-15-11(9)12-16-13(18-17-12)10(14)6-8-19-2/h4-5,7,10H,3,6,8,14H2,1-2H3. The Labute approximate surface area is 117 Å². The highest BCUT2D eigenvalue weighted by Crippen LogP contribution is 2.21. The highest BCUT2D eigenvalue weighted by Gasteiger charge is 2.17. The topological polar surface area (TPSA) is 77.8 Å². The summed E-state index contributed by atoms with van der Waals surface area (Å²) in [5, 5.41) is 3.99. The van der Waals surface area contributed by atoms with Gasteiger partial charge in [-0.1, -0.05) is 18.1 Å². The Balaban J connectivity index is 2.20. The van der Waals surface area contributed by atoms with E-state index < -0.39 is 0 Å². The van der Waals surface area contributed by atoms with Crippen LogP contribution in [0.5, 0.6) is 0 Å². The maximum absolute atomic E-state index is 6.01. The second-order valence-corrected chi connectivity index (χ2v) is 5.19. The summed E-state index contributed by atoms with van der Waals surface area (Å²) in [7, 11) is 0. The molecule has 0 aliphatic rings. The van der Waals surface area contributed by atoms with Crippen molar-refractivity contribution in [3.05, 3.63) is 29.8 Å². The maximum atomic E-state index is 6.01. The number of rotatable bonds is 6. The number of nitrogens with zero attached hydrogens (tertiary/aromatic N) is 3. The zero-order valence-corrected chi connectivity index (χ0v) is 12.0. The second kappa shape index (κ2) is 6.68. The lowest BCUT2D eigenvalue weighted by molar-refractivity contribution is 0.353. The zero-order chi connectivity index (χ0) is 13.7. The predicted octanol–water partition coefficient (Wildman–Crippen LogP) is 2.45. The third kappa shape index (κ3) is 3.33. The van der Waals surface area contributed by atoms with Gasteiger partial charge in [-0.05, 0) is 36.5 Å². The third-order valence-electron chi connectivity index (χ3n) is 2.88. The summed E-state index contributed by atoms with van der Waals surface area (Å²) in [6.45, 7) is 2.08. The molecule has 0 amide bonds. The highest BCUT2D eigenvalue weighted by atomic mass is 32.2. The van der Waals surface area contributed by atoms with Crippen LogP contribution >= 0.6 is 11.8 Å². The van der Waals surface area contributed by atoms with Crippen molar-refractivity contribution < 1.29 is 4.52 Å². The first kappa shape index (κ1) is 14.0.